The Hall–Kier alpha value is 0.210. The van der Waals surface area contributed by atoms with Gasteiger partial charge in [0.25, 0.3) is 0 Å². The fourth-order valence-corrected chi connectivity index (χ4v) is 5.57. The zero-order valence-corrected chi connectivity index (χ0v) is 12.3. The molecule has 3 heteroatoms. The van der Waals surface area contributed by atoms with Crippen LogP contribution in [0.1, 0.15) is 51.9 Å². The molecule has 2 N–H and O–H groups in total. The zero-order valence-electron chi connectivity index (χ0n) is 11.5. The summed E-state index contributed by atoms with van der Waals surface area (Å²) in [6.45, 7) is 3.33. The Labute approximate surface area is 117 Å². The van der Waals surface area contributed by atoms with Crippen molar-refractivity contribution in [2.24, 2.45) is 23.2 Å². The van der Waals surface area contributed by atoms with Crippen molar-refractivity contribution in [3.8, 4) is 0 Å². The standard InChI is InChI=1S/C15H27NO.ClH/c1-11(16-2-3-17)7-15-8-12-4-13(9-15)6-14(5-12)10-15;/h11-14,16-17H,2-10H2,1H3;1H. The third kappa shape index (κ3) is 2.86. The number of halogens is 1. The lowest BCUT2D eigenvalue weighted by Gasteiger charge is -2.57. The summed E-state index contributed by atoms with van der Waals surface area (Å²) >= 11 is 0. The van der Waals surface area contributed by atoms with Gasteiger partial charge in [-0.3, -0.25) is 0 Å². The van der Waals surface area contributed by atoms with Gasteiger partial charge in [-0.2, -0.15) is 0 Å². The number of aliphatic hydroxyl groups excluding tert-OH is 1. The van der Waals surface area contributed by atoms with Crippen LogP contribution in [0.5, 0.6) is 0 Å². The molecule has 4 aliphatic rings. The quantitative estimate of drug-likeness (QED) is 0.807. The van der Waals surface area contributed by atoms with Crippen LogP contribution in [0.4, 0.5) is 0 Å². The minimum Gasteiger partial charge on any atom is -0.395 e. The van der Waals surface area contributed by atoms with Crippen LogP contribution in [0.3, 0.4) is 0 Å². The molecule has 1 atom stereocenters. The molecule has 4 rings (SSSR count). The molecule has 0 aromatic rings. The molecule has 0 aromatic heterocycles. The lowest BCUT2D eigenvalue weighted by molar-refractivity contribution is -0.0612. The monoisotopic (exact) mass is 273 g/mol. The van der Waals surface area contributed by atoms with Crippen molar-refractivity contribution in [2.45, 2.75) is 57.9 Å². The molecule has 0 radical (unpaired) electrons. The van der Waals surface area contributed by atoms with Gasteiger partial charge in [0, 0.05) is 12.6 Å². The molecule has 0 aromatic carbocycles. The third-order valence-electron chi connectivity index (χ3n) is 5.51. The summed E-state index contributed by atoms with van der Waals surface area (Å²) < 4.78 is 0. The molecule has 0 aliphatic heterocycles. The fraction of sp³-hybridized carbons (Fsp3) is 1.00. The summed E-state index contributed by atoms with van der Waals surface area (Å²) in [6.07, 6.45) is 10.5. The second kappa shape index (κ2) is 5.68. The van der Waals surface area contributed by atoms with E-state index in [1.165, 1.54) is 44.9 Å². The summed E-state index contributed by atoms with van der Waals surface area (Å²) in [5.41, 5.74) is 0.677. The molecule has 18 heavy (non-hydrogen) atoms. The Balaban J connectivity index is 0.00000120. The van der Waals surface area contributed by atoms with Gasteiger partial charge in [0.1, 0.15) is 0 Å². The Morgan fingerprint density at radius 3 is 2.06 bits per heavy atom. The Bertz CT molecular complexity index is 246. The van der Waals surface area contributed by atoms with E-state index in [4.69, 9.17) is 5.11 Å². The van der Waals surface area contributed by atoms with Crippen molar-refractivity contribution < 1.29 is 5.11 Å². The normalized spacial score (nSPS) is 42.7. The lowest BCUT2D eigenvalue weighted by atomic mass is 9.48. The van der Waals surface area contributed by atoms with Gasteiger partial charge in [-0.1, -0.05) is 0 Å². The molecular formula is C15H28ClNO. The Morgan fingerprint density at radius 2 is 1.61 bits per heavy atom. The molecule has 4 fully saturated rings. The van der Waals surface area contributed by atoms with Gasteiger partial charge in [0.2, 0.25) is 0 Å². The van der Waals surface area contributed by atoms with E-state index in [-0.39, 0.29) is 19.0 Å². The second-order valence-electron chi connectivity index (χ2n) is 7.20. The molecule has 4 aliphatic carbocycles. The maximum absolute atomic E-state index is 8.88. The Kier molecular flexibility index (Phi) is 4.61. The van der Waals surface area contributed by atoms with E-state index in [1.807, 2.05) is 0 Å². The van der Waals surface area contributed by atoms with E-state index < -0.39 is 0 Å². The van der Waals surface area contributed by atoms with Crippen LogP contribution in [-0.2, 0) is 0 Å². The lowest BCUT2D eigenvalue weighted by Crippen LogP contribution is -2.48. The summed E-state index contributed by atoms with van der Waals surface area (Å²) in [6, 6.07) is 0.582. The van der Waals surface area contributed by atoms with Crippen LogP contribution in [0.2, 0.25) is 0 Å². The number of rotatable bonds is 5. The maximum Gasteiger partial charge on any atom is 0.0556 e. The van der Waals surface area contributed by atoms with Crippen molar-refractivity contribution in [1.29, 1.82) is 0 Å². The molecule has 0 amide bonds. The van der Waals surface area contributed by atoms with Gasteiger partial charge < -0.3 is 10.4 Å². The molecule has 4 saturated carbocycles. The first-order valence-corrected chi connectivity index (χ1v) is 7.53. The van der Waals surface area contributed by atoms with Gasteiger partial charge in [-0.15, -0.1) is 12.4 Å². The molecular weight excluding hydrogens is 246 g/mol. The minimum atomic E-state index is 0. The first-order valence-electron chi connectivity index (χ1n) is 7.53. The molecule has 106 valence electrons. The summed E-state index contributed by atoms with van der Waals surface area (Å²) in [4.78, 5) is 0. The first-order chi connectivity index (χ1) is 8.19. The number of aliphatic hydroxyl groups is 1. The van der Waals surface area contributed by atoms with Crippen LogP contribution >= 0.6 is 12.4 Å². The van der Waals surface area contributed by atoms with E-state index in [2.05, 4.69) is 12.2 Å². The predicted octanol–water partition coefficient (Wildman–Crippen LogP) is 2.99. The fourth-order valence-electron chi connectivity index (χ4n) is 5.57. The average Bonchev–Trinajstić information content (AvgIpc) is 2.23. The Morgan fingerprint density at radius 1 is 1.11 bits per heavy atom. The van der Waals surface area contributed by atoms with Crippen LogP contribution in [-0.4, -0.2) is 24.3 Å². The number of nitrogens with one attached hydrogen (secondary N) is 1. The molecule has 4 bridgehead atoms. The van der Waals surface area contributed by atoms with E-state index in [9.17, 15) is 0 Å². The van der Waals surface area contributed by atoms with Crippen LogP contribution in [0, 0.1) is 23.2 Å². The third-order valence-corrected chi connectivity index (χ3v) is 5.51. The highest BCUT2D eigenvalue weighted by Gasteiger charge is 2.50. The highest BCUT2D eigenvalue weighted by atomic mass is 35.5. The highest BCUT2D eigenvalue weighted by molar-refractivity contribution is 5.85. The van der Waals surface area contributed by atoms with Crippen molar-refractivity contribution in [1.82, 2.24) is 5.32 Å². The predicted molar refractivity (Wildman–Crippen MR) is 77.0 cm³/mol. The van der Waals surface area contributed by atoms with E-state index >= 15 is 0 Å². The van der Waals surface area contributed by atoms with Crippen LogP contribution < -0.4 is 5.32 Å². The molecule has 0 saturated heterocycles. The summed E-state index contributed by atoms with van der Waals surface area (Å²) in [5, 5.41) is 12.3. The number of hydrogen-bond donors (Lipinski definition) is 2. The maximum atomic E-state index is 8.88. The molecule has 0 spiro atoms. The van der Waals surface area contributed by atoms with E-state index in [0.29, 0.717) is 11.5 Å². The molecule has 1 unspecified atom stereocenters. The van der Waals surface area contributed by atoms with Gasteiger partial charge >= 0.3 is 0 Å². The van der Waals surface area contributed by atoms with Crippen molar-refractivity contribution in [3.05, 3.63) is 0 Å². The van der Waals surface area contributed by atoms with Crippen LogP contribution in [0.15, 0.2) is 0 Å². The van der Waals surface area contributed by atoms with E-state index in [1.54, 1.807) is 0 Å². The summed E-state index contributed by atoms with van der Waals surface area (Å²) in [5.74, 6) is 3.18. The van der Waals surface area contributed by atoms with Crippen LogP contribution in [0.25, 0.3) is 0 Å². The first kappa shape index (κ1) is 14.6. The smallest absolute Gasteiger partial charge is 0.0556 e. The molecule has 0 heterocycles. The number of hydrogen-bond acceptors (Lipinski definition) is 2. The van der Waals surface area contributed by atoms with Crippen molar-refractivity contribution in [2.75, 3.05) is 13.2 Å². The summed E-state index contributed by atoms with van der Waals surface area (Å²) in [7, 11) is 0. The highest BCUT2D eigenvalue weighted by Crippen LogP contribution is 2.61. The average molecular weight is 274 g/mol. The van der Waals surface area contributed by atoms with Gasteiger partial charge in [0.05, 0.1) is 6.61 Å². The van der Waals surface area contributed by atoms with Gasteiger partial charge in [-0.05, 0) is 75.0 Å². The van der Waals surface area contributed by atoms with Crippen molar-refractivity contribution >= 4 is 12.4 Å². The second-order valence-corrected chi connectivity index (χ2v) is 7.20. The molecule has 2 nitrogen and oxygen atoms in total. The van der Waals surface area contributed by atoms with Gasteiger partial charge in [-0.25, -0.2) is 0 Å². The SMILES string of the molecule is CC(CC12CC3CC(CC(C3)C1)C2)NCCO.Cl. The topological polar surface area (TPSA) is 32.3 Å². The van der Waals surface area contributed by atoms with Crippen molar-refractivity contribution in [3.63, 3.8) is 0 Å². The zero-order chi connectivity index (χ0) is 11.9. The minimum absolute atomic E-state index is 0. The van der Waals surface area contributed by atoms with Gasteiger partial charge in [0.15, 0.2) is 0 Å². The van der Waals surface area contributed by atoms with E-state index in [0.717, 1.165) is 24.3 Å². The largest absolute Gasteiger partial charge is 0.395 e.